The number of urea groups is 1. The van der Waals surface area contributed by atoms with Gasteiger partial charge in [0, 0.05) is 26.2 Å². The van der Waals surface area contributed by atoms with Crippen LogP contribution in [-0.2, 0) is 4.74 Å². The van der Waals surface area contributed by atoms with E-state index in [-0.39, 0.29) is 12.1 Å². The summed E-state index contributed by atoms with van der Waals surface area (Å²) in [5.41, 5.74) is 0. The summed E-state index contributed by atoms with van der Waals surface area (Å²) < 4.78 is 4.98. The van der Waals surface area contributed by atoms with E-state index in [1.807, 2.05) is 13.8 Å². The molecule has 4 heteroatoms. The molecule has 4 nitrogen and oxygen atoms in total. The average Bonchev–Trinajstić information content (AvgIpc) is 2.18. The summed E-state index contributed by atoms with van der Waals surface area (Å²) in [5.74, 6) is 0. The molecular formula is C11H24N2O2. The first-order valence-corrected chi connectivity index (χ1v) is 5.66. The van der Waals surface area contributed by atoms with Crippen molar-refractivity contribution >= 4 is 6.03 Å². The molecule has 0 saturated heterocycles. The lowest BCUT2D eigenvalue weighted by atomic mass is 10.3. The highest BCUT2D eigenvalue weighted by molar-refractivity contribution is 5.74. The summed E-state index contributed by atoms with van der Waals surface area (Å²) in [6.07, 6.45) is 2.13. The Morgan fingerprint density at radius 2 is 2.13 bits per heavy atom. The molecule has 0 fully saturated rings. The highest BCUT2D eigenvalue weighted by Gasteiger charge is 2.15. The maximum Gasteiger partial charge on any atom is 0.317 e. The Hall–Kier alpha value is -0.770. The smallest absolute Gasteiger partial charge is 0.317 e. The first-order chi connectivity index (χ1) is 7.13. The lowest BCUT2D eigenvalue weighted by Crippen LogP contribution is -2.45. The van der Waals surface area contributed by atoms with Crippen LogP contribution in [0.1, 0.15) is 33.6 Å². The third-order valence-electron chi connectivity index (χ3n) is 2.23. The predicted octanol–water partition coefficient (Wildman–Crippen LogP) is 1.85. The molecule has 0 aromatic carbocycles. The van der Waals surface area contributed by atoms with Gasteiger partial charge in [-0.2, -0.15) is 0 Å². The van der Waals surface area contributed by atoms with Crippen LogP contribution in [0.15, 0.2) is 0 Å². The fraction of sp³-hybridized carbons (Fsp3) is 0.909. The Bertz CT molecular complexity index is 172. The van der Waals surface area contributed by atoms with Crippen molar-refractivity contribution in [1.29, 1.82) is 0 Å². The normalized spacial score (nSPS) is 10.5. The molecule has 2 amide bonds. The van der Waals surface area contributed by atoms with Crippen molar-refractivity contribution < 1.29 is 9.53 Å². The first-order valence-electron chi connectivity index (χ1n) is 5.66. The van der Waals surface area contributed by atoms with E-state index in [0.717, 1.165) is 19.4 Å². The molecule has 0 radical (unpaired) electrons. The Balaban J connectivity index is 3.93. The molecule has 0 aromatic rings. The Morgan fingerprint density at radius 1 is 1.47 bits per heavy atom. The maximum absolute atomic E-state index is 11.7. The van der Waals surface area contributed by atoms with Crippen LogP contribution in [0.5, 0.6) is 0 Å². The lowest BCUT2D eigenvalue weighted by Gasteiger charge is -2.26. The standard InChI is InChI=1S/C11H24N2O2/c1-5-6-7-12-11(14)13(10(2)3)8-9-15-4/h10H,5-9H2,1-4H3,(H,12,14). The third-order valence-corrected chi connectivity index (χ3v) is 2.23. The zero-order valence-electron chi connectivity index (χ0n) is 10.4. The summed E-state index contributed by atoms with van der Waals surface area (Å²) in [6.45, 7) is 8.11. The number of amides is 2. The van der Waals surface area contributed by atoms with Crippen LogP contribution in [0.4, 0.5) is 4.79 Å². The number of rotatable bonds is 7. The van der Waals surface area contributed by atoms with Gasteiger partial charge in [-0.3, -0.25) is 0 Å². The number of methoxy groups -OCH3 is 1. The van der Waals surface area contributed by atoms with Crippen molar-refractivity contribution in [3.63, 3.8) is 0 Å². The molecule has 0 bridgehead atoms. The molecular weight excluding hydrogens is 192 g/mol. The van der Waals surface area contributed by atoms with Crippen LogP contribution in [-0.4, -0.2) is 43.8 Å². The topological polar surface area (TPSA) is 41.6 Å². The van der Waals surface area contributed by atoms with Gasteiger partial charge in [-0.25, -0.2) is 4.79 Å². The highest BCUT2D eigenvalue weighted by atomic mass is 16.5. The summed E-state index contributed by atoms with van der Waals surface area (Å²) in [6, 6.07) is 0.220. The van der Waals surface area contributed by atoms with Gasteiger partial charge in [-0.05, 0) is 20.3 Å². The summed E-state index contributed by atoms with van der Waals surface area (Å²) in [5, 5.41) is 2.91. The molecule has 0 aliphatic heterocycles. The van der Waals surface area contributed by atoms with Crippen LogP contribution in [0, 0.1) is 0 Å². The van der Waals surface area contributed by atoms with Crippen LogP contribution >= 0.6 is 0 Å². The molecule has 0 saturated carbocycles. The number of carbonyl (C=O) groups excluding carboxylic acids is 1. The second-order valence-corrected chi connectivity index (χ2v) is 3.87. The second kappa shape index (κ2) is 8.53. The zero-order chi connectivity index (χ0) is 11.7. The van der Waals surface area contributed by atoms with Crippen molar-refractivity contribution in [3.05, 3.63) is 0 Å². The lowest BCUT2D eigenvalue weighted by molar-refractivity contribution is 0.136. The van der Waals surface area contributed by atoms with Crippen molar-refractivity contribution in [2.45, 2.75) is 39.7 Å². The third kappa shape index (κ3) is 6.33. The molecule has 0 aliphatic rings. The highest BCUT2D eigenvalue weighted by Crippen LogP contribution is 1.98. The number of carbonyl (C=O) groups is 1. The monoisotopic (exact) mass is 216 g/mol. The van der Waals surface area contributed by atoms with Crippen LogP contribution in [0.3, 0.4) is 0 Å². The van der Waals surface area contributed by atoms with Crippen LogP contribution in [0.25, 0.3) is 0 Å². The Kier molecular flexibility index (Phi) is 8.09. The van der Waals surface area contributed by atoms with Gasteiger partial charge in [0.15, 0.2) is 0 Å². The predicted molar refractivity (Wildman–Crippen MR) is 62.0 cm³/mol. The molecule has 1 N–H and O–H groups in total. The van der Waals surface area contributed by atoms with Crippen molar-refractivity contribution in [1.82, 2.24) is 10.2 Å². The van der Waals surface area contributed by atoms with E-state index in [9.17, 15) is 4.79 Å². The number of nitrogens with zero attached hydrogens (tertiary/aromatic N) is 1. The molecule has 0 unspecified atom stereocenters. The molecule has 90 valence electrons. The van der Waals surface area contributed by atoms with Gasteiger partial charge in [0.2, 0.25) is 0 Å². The van der Waals surface area contributed by atoms with E-state index in [4.69, 9.17) is 4.74 Å². The summed E-state index contributed by atoms with van der Waals surface area (Å²) in [4.78, 5) is 13.5. The molecule has 0 rings (SSSR count). The number of nitrogens with one attached hydrogen (secondary N) is 1. The SMILES string of the molecule is CCCCNC(=O)N(CCOC)C(C)C. The molecule has 0 heterocycles. The molecule has 15 heavy (non-hydrogen) atoms. The van der Waals surface area contributed by atoms with E-state index < -0.39 is 0 Å². The van der Waals surface area contributed by atoms with Crippen molar-refractivity contribution in [2.75, 3.05) is 26.8 Å². The van der Waals surface area contributed by atoms with Crippen molar-refractivity contribution in [3.8, 4) is 0 Å². The van der Waals surface area contributed by atoms with Gasteiger partial charge >= 0.3 is 6.03 Å². The van der Waals surface area contributed by atoms with E-state index >= 15 is 0 Å². The van der Waals surface area contributed by atoms with E-state index in [1.54, 1.807) is 12.0 Å². The minimum atomic E-state index is 0.00972. The second-order valence-electron chi connectivity index (χ2n) is 3.87. The number of hydrogen-bond acceptors (Lipinski definition) is 2. The Labute approximate surface area is 93.0 Å². The van der Waals surface area contributed by atoms with Gasteiger partial charge in [-0.1, -0.05) is 13.3 Å². The summed E-state index contributed by atoms with van der Waals surface area (Å²) in [7, 11) is 1.65. The zero-order valence-corrected chi connectivity index (χ0v) is 10.4. The molecule has 0 aromatic heterocycles. The summed E-state index contributed by atoms with van der Waals surface area (Å²) >= 11 is 0. The molecule has 0 spiro atoms. The minimum absolute atomic E-state index is 0.00972. The van der Waals surface area contributed by atoms with Crippen LogP contribution in [0.2, 0.25) is 0 Å². The average molecular weight is 216 g/mol. The van der Waals surface area contributed by atoms with Gasteiger partial charge in [0.25, 0.3) is 0 Å². The van der Waals surface area contributed by atoms with Crippen molar-refractivity contribution in [2.24, 2.45) is 0 Å². The minimum Gasteiger partial charge on any atom is -0.383 e. The largest absolute Gasteiger partial charge is 0.383 e. The quantitative estimate of drug-likeness (QED) is 0.660. The first kappa shape index (κ1) is 14.2. The molecule has 0 atom stereocenters. The van der Waals surface area contributed by atoms with E-state index in [2.05, 4.69) is 12.2 Å². The molecule has 0 aliphatic carbocycles. The Morgan fingerprint density at radius 3 is 2.60 bits per heavy atom. The van der Waals surface area contributed by atoms with Gasteiger partial charge in [0.05, 0.1) is 6.61 Å². The van der Waals surface area contributed by atoms with Gasteiger partial charge in [-0.15, -0.1) is 0 Å². The number of hydrogen-bond donors (Lipinski definition) is 1. The van der Waals surface area contributed by atoms with E-state index in [1.165, 1.54) is 0 Å². The van der Waals surface area contributed by atoms with E-state index in [0.29, 0.717) is 13.2 Å². The fourth-order valence-electron chi connectivity index (χ4n) is 1.26. The number of unbranched alkanes of at least 4 members (excludes halogenated alkanes) is 1. The maximum atomic E-state index is 11.7. The fourth-order valence-corrected chi connectivity index (χ4v) is 1.26. The number of ether oxygens (including phenoxy) is 1. The van der Waals surface area contributed by atoms with Crippen LogP contribution < -0.4 is 5.32 Å². The van der Waals surface area contributed by atoms with Gasteiger partial charge < -0.3 is 15.0 Å². The van der Waals surface area contributed by atoms with Gasteiger partial charge in [0.1, 0.15) is 0 Å².